The van der Waals surface area contributed by atoms with E-state index in [9.17, 15) is 9.90 Å². The number of benzene rings is 1. The Morgan fingerprint density at radius 2 is 2.13 bits per heavy atom. The summed E-state index contributed by atoms with van der Waals surface area (Å²) >= 11 is 0. The van der Waals surface area contributed by atoms with E-state index in [2.05, 4.69) is 12.2 Å². The molecule has 0 saturated carbocycles. The van der Waals surface area contributed by atoms with Gasteiger partial charge in [-0.3, -0.25) is 0 Å². The Labute approximate surface area is 138 Å². The van der Waals surface area contributed by atoms with Crippen molar-refractivity contribution in [2.75, 3.05) is 32.8 Å². The molecule has 0 bridgehead atoms. The van der Waals surface area contributed by atoms with Crippen LogP contribution >= 0.6 is 0 Å². The standard InChI is InChI=1S/C18H28N2O3/c1-15-6-8-17(9-7-15)23-12-3-2-10-19-18(22)20-11-4-5-16(13-20)14-21/h6-9,16,21H,2-5,10-14H2,1H3,(H,19,22). The fourth-order valence-electron chi connectivity index (χ4n) is 2.76. The van der Waals surface area contributed by atoms with Crippen LogP contribution in [0.2, 0.25) is 0 Å². The number of amides is 2. The molecule has 5 heteroatoms. The molecule has 0 aliphatic carbocycles. The number of aryl methyl sites for hydroxylation is 1. The minimum atomic E-state index is -0.0115. The zero-order valence-electron chi connectivity index (χ0n) is 14.0. The van der Waals surface area contributed by atoms with Crippen LogP contribution in [0.5, 0.6) is 5.75 Å². The van der Waals surface area contributed by atoms with Gasteiger partial charge in [-0.1, -0.05) is 17.7 Å². The van der Waals surface area contributed by atoms with Gasteiger partial charge < -0.3 is 20.1 Å². The summed E-state index contributed by atoms with van der Waals surface area (Å²) in [7, 11) is 0. The third-order valence-corrected chi connectivity index (χ3v) is 4.20. The van der Waals surface area contributed by atoms with Crippen molar-refractivity contribution in [1.82, 2.24) is 10.2 Å². The van der Waals surface area contributed by atoms with Gasteiger partial charge in [-0.2, -0.15) is 0 Å². The highest BCUT2D eigenvalue weighted by atomic mass is 16.5. The zero-order valence-corrected chi connectivity index (χ0v) is 14.0. The molecular formula is C18H28N2O3. The van der Waals surface area contributed by atoms with Crippen LogP contribution in [0.15, 0.2) is 24.3 Å². The maximum absolute atomic E-state index is 12.0. The van der Waals surface area contributed by atoms with Gasteiger partial charge in [-0.15, -0.1) is 0 Å². The molecule has 0 aromatic heterocycles. The summed E-state index contributed by atoms with van der Waals surface area (Å²) in [5, 5.41) is 12.2. The number of urea groups is 1. The number of likely N-dealkylation sites (tertiary alicyclic amines) is 1. The number of hydrogen-bond acceptors (Lipinski definition) is 3. The molecule has 1 aliphatic heterocycles. The summed E-state index contributed by atoms with van der Waals surface area (Å²) < 4.78 is 5.66. The lowest BCUT2D eigenvalue weighted by molar-refractivity contribution is 0.129. The Hall–Kier alpha value is -1.75. The van der Waals surface area contributed by atoms with E-state index < -0.39 is 0 Å². The summed E-state index contributed by atoms with van der Waals surface area (Å²) in [6, 6.07) is 8.01. The van der Waals surface area contributed by atoms with E-state index in [1.165, 1.54) is 5.56 Å². The highest BCUT2D eigenvalue weighted by Crippen LogP contribution is 2.15. The van der Waals surface area contributed by atoms with E-state index in [0.717, 1.165) is 38.0 Å². The Morgan fingerprint density at radius 3 is 2.87 bits per heavy atom. The predicted molar refractivity (Wildman–Crippen MR) is 90.7 cm³/mol. The number of nitrogens with zero attached hydrogens (tertiary/aromatic N) is 1. The van der Waals surface area contributed by atoms with Crippen LogP contribution in [-0.4, -0.2) is 48.9 Å². The maximum atomic E-state index is 12.0. The lowest BCUT2D eigenvalue weighted by Gasteiger charge is -2.31. The van der Waals surface area contributed by atoms with E-state index in [4.69, 9.17) is 4.74 Å². The summed E-state index contributed by atoms with van der Waals surface area (Å²) in [6.45, 7) is 5.00. The van der Waals surface area contributed by atoms with E-state index in [1.54, 1.807) is 0 Å². The van der Waals surface area contributed by atoms with Crippen LogP contribution < -0.4 is 10.1 Å². The van der Waals surface area contributed by atoms with Crippen LogP contribution in [0.3, 0.4) is 0 Å². The van der Waals surface area contributed by atoms with Crippen molar-refractivity contribution in [3.8, 4) is 5.75 Å². The molecule has 0 radical (unpaired) electrons. The predicted octanol–water partition coefficient (Wildman–Crippen LogP) is 2.57. The molecule has 1 aromatic carbocycles. The third-order valence-electron chi connectivity index (χ3n) is 4.20. The van der Waals surface area contributed by atoms with Gasteiger partial charge in [0, 0.05) is 26.2 Å². The second-order valence-corrected chi connectivity index (χ2v) is 6.24. The largest absolute Gasteiger partial charge is 0.494 e. The van der Waals surface area contributed by atoms with Crippen molar-refractivity contribution in [2.24, 2.45) is 5.92 Å². The Kier molecular flexibility index (Phi) is 7.20. The Bertz CT molecular complexity index is 476. The van der Waals surface area contributed by atoms with E-state index in [1.807, 2.05) is 29.2 Å². The van der Waals surface area contributed by atoms with Crippen molar-refractivity contribution in [3.05, 3.63) is 29.8 Å². The molecular weight excluding hydrogens is 292 g/mol. The van der Waals surface area contributed by atoms with E-state index in [-0.39, 0.29) is 18.6 Å². The van der Waals surface area contributed by atoms with Crippen LogP contribution in [0.25, 0.3) is 0 Å². The van der Waals surface area contributed by atoms with E-state index in [0.29, 0.717) is 19.7 Å². The van der Waals surface area contributed by atoms with Crippen molar-refractivity contribution in [2.45, 2.75) is 32.6 Å². The number of carbonyl (C=O) groups is 1. The first-order chi connectivity index (χ1) is 11.2. The molecule has 2 N–H and O–H groups in total. The van der Waals surface area contributed by atoms with Gasteiger partial charge in [0.25, 0.3) is 0 Å². The smallest absolute Gasteiger partial charge is 0.317 e. The normalized spacial score (nSPS) is 17.8. The second kappa shape index (κ2) is 9.40. The number of ether oxygens (including phenoxy) is 1. The number of unbranched alkanes of at least 4 members (excludes halogenated alkanes) is 1. The molecule has 2 rings (SSSR count). The molecule has 1 heterocycles. The summed E-state index contributed by atoms with van der Waals surface area (Å²) in [5.41, 5.74) is 1.22. The summed E-state index contributed by atoms with van der Waals surface area (Å²) in [5.74, 6) is 1.13. The third kappa shape index (κ3) is 6.10. The van der Waals surface area contributed by atoms with Crippen molar-refractivity contribution < 1.29 is 14.6 Å². The van der Waals surface area contributed by atoms with Crippen LogP contribution in [0.4, 0.5) is 4.79 Å². The molecule has 1 unspecified atom stereocenters. The van der Waals surface area contributed by atoms with Crippen molar-refractivity contribution >= 4 is 6.03 Å². The van der Waals surface area contributed by atoms with Gasteiger partial charge in [-0.05, 0) is 50.7 Å². The quantitative estimate of drug-likeness (QED) is 0.759. The molecule has 1 aliphatic rings. The first kappa shape index (κ1) is 17.6. The molecule has 23 heavy (non-hydrogen) atoms. The Morgan fingerprint density at radius 1 is 1.35 bits per heavy atom. The molecule has 128 valence electrons. The molecule has 1 atom stereocenters. The average Bonchev–Trinajstić information content (AvgIpc) is 2.59. The lowest BCUT2D eigenvalue weighted by Crippen LogP contribution is -2.46. The highest BCUT2D eigenvalue weighted by molar-refractivity contribution is 5.74. The van der Waals surface area contributed by atoms with Crippen molar-refractivity contribution in [1.29, 1.82) is 0 Å². The zero-order chi connectivity index (χ0) is 16.5. The van der Waals surface area contributed by atoms with Crippen LogP contribution in [-0.2, 0) is 0 Å². The molecule has 1 saturated heterocycles. The SMILES string of the molecule is Cc1ccc(OCCCCNC(=O)N2CCCC(CO)C2)cc1. The first-order valence-corrected chi connectivity index (χ1v) is 8.52. The maximum Gasteiger partial charge on any atom is 0.317 e. The number of rotatable bonds is 7. The number of carbonyl (C=O) groups excluding carboxylic acids is 1. The monoisotopic (exact) mass is 320 g/mol. The summed E-state index contributed by atoms with van der Waals surface area (Å²) in [6.07, 6.45) is 3.79. The number of aliphatic hydroxyl groups excluding tert-OH is 1. The number of aliphatic hydroxyl groups is 1. The van der Waals surface area contributed by atoms with Crippen LogP contribution in [0, 0.1) is 12.8 Å². The first-order valence-electron chi connectivity index (χ1n) is 8.52. The molecule has 0 spiro atoms. The number of hydrogen-bond donors (Lipinski definition) is 2. The fourth-order valence-corrected chi connectivity index (χ4v) is 2.76. The number of nitrogens with one attached hydrogen (secondary N) is 1. The van der Waals surface area contributed by atoms with E-state index >= 15 is 0 Å². The van der Waals surface area contributed by atoms with Crippen molar-refractivity contribution in [3.63, 3.8) is 0 Å². The van der Waals surface area contributed by atoms with Gasteiger partial charge in [-0.25, -0.2) is 4.79 Å². The summed E-state index contributed by atoms with van der Waals surface area (Å²) in [4.78, 5) is 13.9. The van der Waals surface area contributed by atoms with Gasteiger partial charge in [0.05, 0.1) is 6.61 Å². The fraction of sp³-hybridized carbons (Fsp3) is 0.611. The van der Waals surface area contributed by atoms with Gasteiger partial charge in [0.1, 0.15) is 5.75 Å². The second-order valence-electron chi connectivity index (χ2n) is 6.24. The van der Waals surface area contributed by atoms with Gasteiger partial charge >= 0.3 is 6.03 Å². The highest BCUT2D eigenvalue weighted by Gasteiger charge is 2.22. The average molecular weight is 320 g/mol. The van der Waals surface area contributed by atoms with Gasteiger partial charge in [0.15, 0.2) is 0 Å². The van der Waals surface area contributed by atoms with Crippen LogP contribution in [0.1, 0.15) is 31.2 Å². The lowest BCUT2D eigenvalue weighted by atomic mass is 9.99. The minimum Gasteiger partial charge on any atom is -0.494 e. The Balaban J connectivity index is 1.54. The molecule has 1 aromatic rings. The molecule has 1 fully saturated rings. The number of piperidine rings is 1. The molecule has 5 nitrogen and oxygen atoms in total. The topological polar surface area (TPSA) is 61.8 Å². The minimum absolute atomic E-state index is 0.0115. The van der Waals surface area contributed by atoms with Gasteiger partial charge in [0.2, 0.25) is 0 Å². The molecule has 2 amide bonds.